The lowest BCUT2D eigenvalue weighted by Gasteiger charge is -2.17. The fraction of sp³-hybridized carbons (Fsp3) is 0.556. The number of carbonyl (C=O) groups is 2. The van der Waals surface area contributed by atoms with Gasteiger partial charge in [-0.3, -0.25) is 9.59 Å². The summed E-state index contributed by atoms with van der Waals surface area (Å²) < 4.78 is 0. The molecule has 126 valence electrons. The fourth-order valence-corrected chi connectivity index (χ4v) is 2.74. The molecule has 0 bridgehead atoms. The van der Waals surface area contributed by atoms with Crippen molar-refractivity contribution in [1.29, 1.82) is 0 Å². The summed E-state index contributed by atoms with van der Waals surface area (Å²) in [4.78, 5) is 23.6. The lowest BCUT2D eigenvalue weighted by Crippen LogP contribution is -2.36. The Morgan fingerprint density at radius 3 is 2.61 bits per heavy atom. The number of benzene rings is 1. The van der Waals surface area contributed by atoms with Gasteiger partial charge in [-0.15, -0.1) is 0 Å². The van der Waals surface area contributed by atoms with Gasteiger partial charge in [-0.25, -0.2) is 0 Å². The smallest absolute Gasteiger partial charge is 0.225 e. The van der Waals surface area contributed by atoms with Crippen LogP contribution in [-0.2, 0) is 9.59 Å². The quantitative estimate of drug-likeness (QED) is 0.783. The number of carbonyl (C=O) groups excluding carboxylic acids is 2. The van der Waals surface area contributed by atoms with Gasteiger partial charge in [0.15, 0.2) is 0 Å². The first-order valence-corrected chi connectivity index (χ1v) is 8.49. The van der Waals surface area contributed by atoms with Gasteiger partial charge in [0.1, 0.15) is 0 Å². The minimum atomic E-state index is -0.390. The van der Waals surface area contributed by atoms with E-state index in [-0.39, 0.29) is 17.9 Å². The van der Waals surface area contributed by atoms with Gasteiger partial charge in [-0.1, -0.05) is 50.6 Å². The minimum Gasteiger partial charge on any atom is -0.356 e. The molecule has 2 atom stereocenters. The molecule has 0 spiro atoms. The van der Waals surface area contributed by atoms with Crippen LogP contribution in [-0.4, -0.2) is 24.4 Å². The Bertz CT molecular complexity index is 581. The molecule has 2 amide bonds. The first-order chi connectivity index (χ1) is 10.8. The molecule has 0 saturated heterocycles. The van der Waals surface area contributed by atoms with Crippen molar-refractivity contribution in [2.75, 3.05) is 6.54 Å². The third-order valence-corrected chi connectivity index (χ3v) is 4.33. The Balaban J connectivity index is 1.65. The third-order valence-electron chi connectivity index (χ3n) is 3.99. The minimum absolute atomic E-state index is 0.0129. The van der Waals surface area contributed by atoms with E-state index in [1.165, 1.54) is 0 Å². The van der Waals surface area contributed by atoms with E-state index in [1.54, 1.807) is 0 Å². The van der Waals surface area contributed by atoms with Crippen molar-refractivity contribution >= 4 is 23.4 Å². The van der Waals surface area contributed by atoms with Gasteiger partial charge < -0.3 is 10.6 Å². The Kier molecular flexibility index (Phi) is 5.69. The average molecular weight is 337 g/mol. The van der Waals surface area contributed by atoms with Gasteiger partial charge >= 0.3 is 0 Å². The average Bonchev–Trinajstić information content (AvgIpc) is 3.21. The molecule has 0 heterocycles. The van der Waals surface area contributed by atoms with E-state index in [1.807, 2.05) is 45.0 Å². The number of halogens is 1. The van der Waals surface area contributed by atoms with E-state index in [4.69, 9.17) is 11.6 Å². The SMILES string of the molecule is CC(C)(C)C(=O)NCCCC(=O)NC1CC1c1ccccc1Cl. The highest BCUT2D eigenvalue weighted by Gasteiger charge is 2.40. The van der Waals surface area contributed by atoms with Crippen LogP contribution in [0, 0.1) is 5.41 Å². The second-order valence-corrected chi connectivity index (χ2v) is 7.55. The van der Waals surface area contributed by atoms with E-state index in [0.29, 0.717) is 25.3 Å². The van der Waals surface area contributed by atoms with Crippen LogP contribution < -0.4 is 10.6 Å². The standard InChI is InChI=1S/C18H25ClN2O2/c1-18(2,3)17(23)20-10-6-9-16(22)21-15-11-13(15)12-7-4-5-8-14(12)19/h4-5,7-8,13,15H,6,9-11H2,1-3H3,(H,20,23)(H,21,22). The molecule has 1 fully saturated rings. The number of nitrogens with one attached hydrogen (secondary N) is 2. The van der Waals surface area contributed by atoms with Gasteiger partial charge in [0.2, 0.25) is 11.8 Å². The first-order valence-electron chi connectivity index (χ1n) is 8.11. The largest absolute Gasteiger partial charge is 0.356 e. The van der Waals surface area contributed by atoms with Crippen LogP contribution in [0.3, 0.4) is 0 Å². The zero-order valence-corrected chi connectivity index (χ0v) is 14.7. The monoisotopic (exact) mass is 336 g/mol. The van der Waals surface area contributed by atoms with Crippen molar-refractivity contribution < 1.29 is 9.59 Å². The van der Waals surface area contributed by atoms with Gasteiger partial charge in [0.25, 0.3) is 0 Å². The molecular weight excluding hydrogens is 312 g/mol. The molecule has 4 nitrogen and oxygen atoms in total. The molecule has 0 aromatic heterocycles. The normalized spacial score (nSPS) is 20.0. The van der Waals surface area contributed by atoms with Crippen molar-refractivity contribution in [3.8, 4) is 0 Å². The van der Waals surface area contributed by atoms with Crippen LogP contribution in [0.1, 0.15) is 51.5 Å². The van der Waals surface area contributed by atoms with E-state index in [0.717, 1.165) is 17.0 Å². The third kappa shape index (κ3) is 5.24. The number of hydrogen-bond donors (Lipinski definition) is 2. The summed E-state index contributed by atoms with van der Waals surface area (Å²) in [5.41, 5.74) is 0.718. The Hall–Kier alpha value is -1.55. The van der Waals surface area contributed by atoms with Crippen molar-refractivity contribution in [3.05, 3.63) is 34.9 Å². The van der Waals surface area contributed by atoms with Crippen LogP contribution in [0.25, 0.3) is 0 Å². The van der Waals surface area contributed by atoms with E-state index < -0.39 is 5.41 Å². The number of rotatable bonds is 6. The maximum atomic E-state index is 11.9. The van der Waals surface area contributed by atoms with Crippen molar-refractivity contribution in [2.45, 2.75) is 52.0 Å². The Labute approximate surface area is 143 Å². The van der Waals surface area contributed by atoms with Crippen LogP contribution in [0.4, 0.5) is 0 Å². The Morgan fingerprint density at radius 2 is 1.96 bits per heavy atom. The predicted octanol–water partition coefficient (Wildman–Crippen LogP) is 3.25. The molecule has 2 N–H and O–H groups in total. The molecule has 1 aromatic carbocycles. The van der Waals surface area contributed by atoms with Gasteiger partial charge in [-0.05, 0) is 24.5 Å². The maximum Gasteiger partial charge on any atom is 0.225 e. The van der Waals surface area contributed by atoms with E-state index in [9.17, 15) is 9.59 Å². The molecule has 5 heteroatoms. The first kappa shape index (κ1) is 17.8. The van der Waals surface area contributed by atoms with Crippen molar-refractivity contribution in [1.82, 2.24) is 10.6 Å². The highest BCUT2D eigenvalue weighted by atomic mass is 35.5. The molecule has 23 heavy (non-hydrogen) atoms. The van der Waals surface area contributed by atoms with E-state index in [2.05, 4.69) is 10.6 Å². The fourth-order valence-electron chi connectivity index (χ4n) is 2.47. The molecule has 0 radical (unpaired) electrons. The highest BCUT2D eigenvalue weighted by molar-refractivity contribution is 6.31. The predicted molar refractivity (Wildman–Crippen MR) is 92.4 cm³/mol. The molecule has 1 aliphatic rings. The summed E-state index contributed by atoms with van der Waals surface area (Å²) in [5, 5.41) is 6.65. The lowest BCUT2D eigenvalue weighted by atomic mass is 9.96. The summed E-state index contributed by atoms with van der Waals surface area (Å²) in [6.45, 7) is 6.15. The summed E-state index contributed by atoms with van der Waals surface area (Å²) in [6, 6.07) is 7.96. The lowest BCUT2D eigenvalue weighted by molar-refractivity contribution is -0.128. The second kappa shape index (κ2) is 7.35. The molecule has 1 saturated carbocycles. The second-order valence-electron chi connectivity index (χ2n) is 7.15. The molecule has 2 rings (SSSR count). The summed E-state index contributed by atoms with van der Waals surface area (Å²) in [7, 11) is 0. The van der Waals surface area contributed by atoms with Gasteiger partial charge in [-0.2, -0.15) is 0 Å². The van der Waals surface area contributed by atoms with Crippen LogP contribution in [0.2, 0.25) is 5.02 Å². The number of amides is 2. The van der Waals surface area contributed by atoms with Crippen LogP contribution in [0.5, 0.6) is 0 Å². The molecule has 0 aliphatic heterocycles. The van der Waals surface area contributed by atoms with Crippen LogP contribution >= 0.6 is 11.6 Å². The summed E-state index contributed by atoms with van der Waals surface area (Å²) >= 11 is 6.18. The zero-order chi connectivity index (χ0) is 17.0. The van der Waals surface area contributed by atoms with Crippen LogP contribution in [0.15, 0.2) is 24.3 Å². The zero-order valence-electron chi connectivity index (χ0n) is 14.0. The summed E-state index contributed by atoms with van der Waals surface area (Å²) in [5.74, 6) is 0.377. The maximum absolute atomic E-state index is 11.9. The molecular formula is C18H25ClN2O2. The van der Waals surface area contributed by atoms with Crippen molar-refractivity contribution in [3.63, 3.8) is 0 Å². The van der Waals surface area contributed by atoms with Crippen molar-refractivity contribution in [2.24, 2.45) is 5.41 Å². The van der Waals surface area contributed by atoms with Gasteiger partial charge in [0.05, 0.1) is 0 Å². The summed E-state index contributed by atoms with van der Waals surface area (Å²) in [6.07, 6.45) is 2.02. The molecule has 1 aliphatic carbocycles. The molecule has 2 unspecified atom stereocenters. The topological polar surface area (TPSA) is 58.2 Å². The number of hydrogen-bond acceptors (Lipinski definition) is 2. The molecule has 1 aromatic rings. The highest BCUT2D eigenvalue weighted by Crippen LogP contribution is 2.43. The Morgan fingerprint density at radius 1 is 1.26 bits per heavy atom. The van der Waals surface area contributed by atoms with Gasteiger partial charge in [0, 0.05) is 35.4 Å². The van der Waals surface area contributed by atoms with E-state index >= 15 is 0 Å².